The van der Waals surface area contributed by atoms with Crippen molar-refractivity contribution >= 4 is 23.2 Å². The van der Waals surface area contributed by atoms with Crippen LogP contribution in [0.2, 0.25) is 5.02 Å². The van der Waals surface area contributed by atoms with Crippen molar-refractivity contribution in [3.8, 4) is 5.75 Å². The van der Waals surface area contributed by atoms with Crippen molar-refractivity contribution in [3.05, 3.63) is 112 Å². The lowest BCUT2D eigenvalue weighted by molar-refractivity contribution is 0.223. The minimum absolute atomic E-state index is 0.331. The molecule has 0 spiro atoms. The molecule has 0 radical (unpaired) electrons. The van der Waals surface area contributed by atoms with E-state index in [4.69, 9.17) is 16.3 Å². The number of rotatable bonds is 2. The molecule has 0 bridgehead atoms. The van der Waals surface area contributed by atoms with Gasteiger partial charge in [-0.05, 0) is 53.6 Å². The Morgan fingerprint density at radius 2 is 1.59 bits per heavy atom. The van der Waals surface area contributed by atoms with E-state index in [0.717, 1.165) is 28.0 Å². The van der Waals surface area contributed by atoms with Crippen molar-refractivity contribution in [2.24, 2.45) is 0 Å². The standard InChI is InChI=1S/C24H15ClF2N4O/c25-15-5-10-19-18(11-15)21-20(23(32-19)14-3-8-17(27)9-4-14)22(13-1-6-16(26)7-2-13)31-24(30-21)28-12-29-31/h1-12,22-23H,(H,28,29,30)/t22-,23+/m0/s1. The second-order valence-corrected chi connectivity index (χ2v) is 8.06. The van der Waals surface area contributed by atoms with Crippen LogP contribution in [0.1, 0.15) is 28.8 Å². The quantitative estimate of drug-likeness (QED) is 0.423. The van der Waals surface area contributed by atoms with Crippen LogP contribution in [0.25, 0.3) is 5.70 Å². The maximum absolute atomic E-state index is 13.7. The van der Waals surface area contributed by atoms with E-state index >= 15 is 0 Å². The van der Waals surface area contributed by atoms with Crippen molar-refractivity contribution < 1.29 is 13.5 Å². The second-order valence-electron chi connectivity index (χ2n) is 7.63. The number of ether oxygens (including phenoxy) is 1. The van der Waals surface area contributed by atoms with Gasteiger partial charge in [-0.1, -0.05) is 35.9 Å². The summed E-state index contributed by atoms with van der Waals surface area (Å²) in [5.41, 5.74) is 4.01. The number of hydrogen-bond acceptors (Lipinski definition) is 4. The Morgan fingerprint density at radius 1 is 0.906 bits per heavy atom. The highest BCUT2D eigenvalue weighted by atomic mass is 35.5. The number of anilines is 1. The van der Waals surface area contributed by atoms with Crippen LogP contribution in [0.15, 0.2) is 78.6 Å². The van der Waals surface area contributed by atoms with Gasteiger partial charge in [0.25, 0.3) is 0 Å². The summed E-state index contributed by atoms with van der Waals surface area (Å²) in [6.07, 6.45) is 0.920. The fourth-order valence-electron chi connectivity index (χ4n) is 4.32. The number of nitrogens with one attached hydrogen (secondary N) is 1. The lowest BCUT2D eigenvalue weighted by atomic mass is 9.84. The normalized spacial score (nSPS) is 18.8. The molecule has 1 aromatic heterocycles. The molecule has 2 aliphatic heterocycles. The molecule has 0 saturated heterocycles. The molecule has 4 aromatic rings. The van der Waals surface area contributed by atoms with Crippen molar-refractivity contribution in [2.45, 2.75) is 12.1 Å². The van der Waals surface area contributed by atoms with Gasteiger partial charge in [-0.15, -0.1) is 0 Å². The van der Waals surface area contributed by atoms with E-state index in [1.54, 1.807) is 35.0 Å². The average molecular weight is 449 g/mol. The molecule has 1 N–H and O–H groups in total. The molecule has 0 fully saturated rings. The van der Waals surface area contributed by atoms with E-state index in [1.165, 1.54) is 30.6 Å². The Morgan fingerprint density at radius 3 is 2.31 bits per heavy atom. The largest absolute Gasteiger partial charge is 0.480 e. The molecule has 3 heterocycles. The van der Waals surface area contributed by atoms with Gasteiger partial charge in [0.15, 0.2) is 0 Å². The number of hydrogen-bond donors (Lipinski definition) is 1. The van der Waals surface area contributed by atoms with Gasteiger partial charge in [-0.25, -0.2) is 13.5 Å². The summed E-state index contributed by atoms with van der Waals surface area (Å²) in [5.74, 6) is 0.522. The van der Waals surface area contributed by atoms with E-state index in [1.807, 2.05) is 12.1 Å². The number of nitrogens with zero attached hydrogens (tertiary/aromatic N) is 3. The third kappa shape index (κ3) is 2.97. The van der Waals surface area contributed by atoms with E-state index in [0.29, 0.717) is 16.7 Å². The molecule has 2 aliphatic rings. The fraction of sp³-hybridized carbons (Fsp3) is 0.0833. The highest BCUT2D eigenvalue weighted by Crippen LogP contribution is 2.50. The van der Waals surface area contributed by atoms with Gasteiger partial charge in [0.1, 0.15) is 35.9 Å². The Hall–Kier alpha value is -3.71. The lowest BCUT2D eigenvalue weighted by Gasteiger charge is -2.39. The Balaban J connectivity index is 1.63. The molecule has 0 amide bonds. The van der Waals surface area contributed by atoms with Gasteiger partial charge in [-0.3, -0.25) is 0 Å². The van der Waals surface area contributed by atoms with Crippen LogP contribution in [-0.4, -0.2) is 14.8 Å². The van der Waals surface area contributed by atoms with Crippen LogP contribution in [0.3, 0.4) is 0 Å². The predicted octanol–water partition coefficient (Wildman–Crippen LogP) is 5.77. The molecule has 0 aliphatic carbocycles. The summed E-state index contributed by atoms with van der Waals surface area (Å²) in [4.78, 5) is 4.35. The van der Waals surface area contributed by atoms with E-state index in [-0.39, 0.29) is 11.6 Å². The number of fused-ring (bicyclic) bond motifs is 3. The van der Waals surface area contributed by atoms with Gasteiger partial charge in [0, 0.05) is 16.2 Å². The molecule has 0 unspecified atom stereocenters. The predicted molar refractivity (Wildman–Crippen MR) is 116 cm³/mol. The Kier molecular flexibility index (Phi) is 4.26. The molecular weight excluding hydrogens is 434 g/mol. The lowest BCUT2D eigenvalue weighted by Crippen LogP contribution is -2.32. The topological polar surface area (TPSA) is 52.0 Å². The third-order valence-corrected chi connectivity index (χ3v) is 5.97. The van der Waals surface area contributed by atoms with Gasteiger partial charge in [-0.2, -0.15) is 10.1 Å². The maximum atomic E-state index is 13.7. The monoisotopic (exact) mass is 448 g/mol. The van der Waals surface area contributed by atoms with Crippen LogP contribution in [0, 0.1) is 11.6 Å². The zero-order valence-corrected chi connectivity index (χ0v) is 17.2. The molecular formula is C24H15ClF2N4O. The second kappa shape index (κ2) is 7.17. The van der Waals surface area contributed by atoms with Crippen LogP contribution in [0.4, 0.5) is 14.7 Å². The first-order valence-corrected chi connectivity index (χ1v) is 10.3. The molecule has 2 atom stereocenters. The van der Waals surface area contributed by atoms with Gasteiger partial charge in [0.2, 0.25) is 5.95 Å². The van der Waals surface area contributed by atoms with Crippen molar-refractivity contribution in [1.82, 2.24) is 14.8 Å². The minimum Gasteiger partial charge on any atom is -0.480 e. The number of benzene rings is 3. The zero-order valence-electron chi connectivity index (χ0n) is 16.5. The minimum atomic E-state index is -0.542. The SMILES string of the molecule is Fc1ccc([C@H]2C3=C(Nc4ncnn42)c2cc(Cl)ccc2O[C@@H]3c2ccc(F)cc2)cc1. The van der Waals surface area contributed by atoms with Crippen LogP contribution in [-0.2, 0) is 0 Å². The fourth-order valence-corrected chi connectivity index (χ4v) is 4.49. The van der Waals surface area contributed by atoms with E-state index < -0.39 is 12.1 Å². The van der Waals surface area contributed by atoms with E-state index in [9.17, 15) is 8.78 Å². The van der Waals surface area contributed by atoms with Crippen molar-refractivity contribution in [1.29, 1.82) is 0 Å². The summed E-state index contributed by atoms with van der Waals surface area (Å²) in [6, 6.07) is 17.4. The smallest absolute Gasteiger partial charge is 0.226 e. The van der Waals surface area contributed by atoms with Gasteiger partial charge < -0.3 is 10.1 Å². The molecule has 0 saturated carbocycles. The van der Waals surface area contributed by atoms with Gasteiger partial charge >= 0.3 is 0 Å². The molecule has 158 valence electrons. The van der Waals surface area contributed by atoms with Gasteiger partial charge in [0.05, 0.1) is 5.70 Å². The van der Waals surface area contributed by atoms with Crippen molar-refractivity contribution in [3.63, 3.8) is 0 Å². The van der Waals surface area contributed by atoms with Crippen LogP contribution in [0.5, 0.6) is 5.75 Å². The summed E-state index contributed by atoms with van der Waals surface area (Å²) in [5, 5.41) is 8.35. The third-order valence-electron chi connectivity index (χ3n) is 5.73. The van der Waals surface area contributed by atoms with E-state index in [2.05, 4.69) is 15.4 Å². The zero-order chi connectivity index (χ0) is 21.8. The molecule has 32 heavy (non-hydrogen) atoms. The summed E-state index contributed by atoms with van der Waals surface area (Å²) in [7, 11) is 0. The summed E-state index contributed by atoms with van der Waals surface area (Å²) >= 11 is 6.31. The van der Waals surface area contributed by atoms with Crippen molar-refractivity contribution in [2.75, 3.05) is 5.32 Å². The molecule has 6 rings (SSSR count). The first-order chi connectivity index (χ1) is 15.6. The average Bonchev–Trinajstić information content (AvgIpc) is 3.27. The highest BCUT2D eigenvalue weighted by molar-refractivity contribution is 6.30. The first-order valence-electron chi connectivity index (χ1n) is 9.96. The molecule has 8 heteroatoms. The Labute approximate surface area is 186 Å². The summed E-state index contributed by atoms with van der Waals surface area (Å²) < 4.78 is 35.5. The Bertz CT molecular complexity index is 1370. The van der Waals surface area contributed by atoms with Crippen LogP contribution < -0.4 is 10.1 Å². The first kappa shape index (κ1) is 19.0. The highest BCUT2D eigenvalue weighted by Gasteiger charge is 2.41. The molecule has 3 aromatic carbocycles. The number of halogens is 3. The summed E-state index contributed by atoms with van der Waals surface area (Å²) in [6.45, 7) is 0. The van der Waals surface area contributed by atoms with Crippen LogP contribution >= 0.6 is 11.6 Å². The maximum Gasteiger partial charge on any atom is 0.226 e. The molecule has 5 nitrogen and oxygen atoms in total. The number of aromatic nitrogens is 3.